The Balaban J connectivity index is 1.57. The van der Waals surface area contributed by atoms with Crippen molar-refractivity contribution in [3.63, 3.8) is 0 Å². The standard InChI is InChI=1S/C23H29N3O3S/c1-3-28-21-13-18(14-24)6-7-20(21)29-16-23(27)25-15-19(22-5-4-12-30-22)26-10-8-17(2)9-11-26/h4-7,12-13,17,19H,3,8-11,15-16H2,1-2H3,(H,25,27). The van der Waals surface area contributed by atoms with Crippen molar-refractivity contribution in [1.29, 1.82) is 5.26 Å². The summed E-state index contributed by atoms with van der Waals surface area (Å²) < 4.78 is 11.2. The first kappa shape index (κ1) is 22.1. The van der Waals surface area contributed by atoms with E-state index < -0.39 is 0 Å². The second-order valence-electron chi connectivity index (χ2n) is 7.55. The molecule has 2 heterocycles. The number of piperidine rings is 1. The summed E-state index contributed by atoms with van der Waals surface area (Å²) >= 11 is 1.73. The van der Waals surface area contributed by atoms with Crippen molar-refractivity contribution in [3.05, 3.63) is 46.2 Å². The van der Waals surface area contributed by atoms with E-state index in [1.807, 2.05) is 6.92 Å². The quantitative estimate of drug-likeness (QED) is 0.655. The molecule has 1 amide bonds. The van der Waals surface area contributed by atoms with Crippen molar-refractivity contribution in [2.45, 2.75) is 32.7 Å². The van der Waals surface area contributed by atoms with Gasteiger partial charge in [0.1, 0.15) is 0 Å². The maximum Gasteiger partial charge on any atom is 0.258 e. The molecule has 0 spiro atoms. The molecule has 0 radical (unpaired) electrons. The number of rotatable bonds is 9. The Morgan fingerprint density at radius 3 is 2.77 bits per heavy atom. The van der Waals surface area contributed by atoms with Crippen LogP contribution in [0.5, 0.6) is 11.5 Å². The van der Waals surface area contributed by atoms with E-state index in [2.05, 4.69) is 40.7 Å². The maximum absolute atomic E-state index is 12.5. The third kappa shape index (κ3) is 5.97. The van der Waals surface area contributed by atoms with Crippen LogP contribution in [0.25, 0.3) is 0 Å². The minimum atomic E-state index is -0.172. The zero-order chi connectivity index (χ0) is 21.3. The molecule has 1 saturated heterocycles. The number of ether oxygens (including phenoxy) is 2. The van der Waals surface area contributed by atoms with Gasteiger partial charge in [-0.25, -0.2) is 0 Å². The number of nitriles is 1. The van der Waals surface area contributed by atoms with E-state index in [9.17, 15) is 4.79 Å². The van der Waals surface area contributed by atoms with Gasteiger partial charge in [0.25, 0.3) is 5.91 Å². The summed E-state index contributed by atoms with van der Waals surface area (Å²) in [6.07, 6.45) is 2.38. The van der Waals surface area contributed by atoms with Crippen LogP contribution in [-0.2, 0) is 4.79 Å². The van der Waals surface area contributed by atoms with Gasteiger partial charge in [-0.15, -0.1) is 11.3 Å². The van der Waals surface area contributed by atoms with Crippen molar-refractivity contribution >= 4 is 17.2 Å². The molecule has 1 unspecified atom stereocenters. The number of carbonyl (C=O) groups is 1. The van der Waals surface area contributed by atoms with E-state index in [-0.39, 0.29) is 18.6 Å². The Kier molecular flexibility index (Phi) is 8.12. The summed E-state index contributed by atoms with van der Waals surface area (Å²) in [5, 5.41) is 14.2. The van der Waals surface area contributed by atoms with E-state index in [0.29, 0.717) is 30.2 Å². The highest BCUT2D eigenvalue weighted by Gasteiger charge is 2.25. The number of likely N-dealkylation sites (tertiary alicyclic amines) is 1. The summed E-state index contributed by atoms with van der Waals surface area (Å²) in [6, 6.07) is 11.4. The van der Waals surface area contributed by atoms with Gasteiger partial charge in [-0.2, -0.15) is 5.26 Å². The first-order valence-electron chi connectivity index (χ1n) is 10.4. The highest BCUT2D eigenvalue weighted by Crippen LogP contribution is 2.30. The number of nitrogens with one attached hydrogen (secondary N) is 1. The highest BCUT2D eigenvalue weighted by molar-refractivity contribution is 7.10. The van der Waals surface area contributed by atoms with Gasteiger partial charge in [-0.3, -0.25) is 9.69 Å². The minimum absolute atomic E-state index is 0.0971. The average molecular weight is 428 g/mol. The van der Waals surface area contributed by atoms with E-state index in [4.69, 9.17) is 14.7 Å². The minimum Gasteiger partial charge on any atom is -0.490 e. The van der Waals surface area contributed by atoms with E-state index in [0.717, 1.165) is 19.0 Å². The van der Waals surface area contributed by atoms with Gasteiger partial charge < -0.3 is 14.8 Å². The van der Waals surface area contributed by atoms with Crippen LogP contribution in [-0.4, -0.2) is 43.7 Å². The Bertz CT molecular complexity index is 855. The van der Waals surface area contributed by atoms with Crippen molar-refractivity contribution in [2.75, 3.05) is 32.8 Å². The summed E-state index contributed by atoms with van der Waals surface area (Å²) in [6.45, 7) is 7.19. The number of benzene rings is 1. The van der Waals surface area contributed by atoms with E-state index in [1.165, 1.54) is 17.7 Å². The number of carbonyl (C=O) groups excluding carboxylic acids is 1. The molecule has 1 fully saturated rings. The summed E-state index contributed by atoms with van der Waals surface area (Å²) in [5.41, 5.74) is 0.491. The van der Waals surface area contributed by atoms with Crippen LogP contribution >= 0.6 is 11.3 Å². The molecule has 1 atom stereocenters. The van der Waals surface area contributed by atoms with Crippen molar-refractivity contribution < 1.29 is 14.3 Å². The smallest absolute Gasteiger partial charge is 0.258 e. The van der Waals surface area contributed by atoms with Crippen LogP contribution in [0, 0.1) is 17.2 Å². The monoisotopic (exact) mass is 427 g/mol. The summed E-state index contributed by atoms with van der Waals surface area (Å²) in [7, 11) is 0. The predicted octanol–water partition coefficient (Wildman–Crippen LogP) is 3.99. The maximum atomic E-state index is 12.5. The Labute approximate surface area is 182 Å². The van der Waals surface area contributed by atoms with Crippen molar-refractivity contribution in [2.24, 2.45) is 5.92 Å². The van der Waals surface area contributed by atoms with Crippen molar-refractivity contribution in [1.82, 2.24) is 10.2 Å². The van der Waals surface area contributed by atoms with Gasteiger partial charge >= 0.3 is 0 Å². The zero-order valence-corrected chi connectivity index (χ0v) is 18.4. The molecule has 2 aromatic rings. The zero-order valence-electron chi connectivity index (χ0n) is 17.6. The molecule has 6 nitrogen and oxygen atoms in total. The van der Waals surface area contributed by atoms with Gasteiger partial charge in [-0.05, 0) is 62.4 Å². The van der Waals surface area contributed by atoms with Gasteiger partial charge in [0.05, 0.1) is 24.3 Å². The Hall–Kier alpha value is -2.56. The molecule has 1 aromatic carbocycles. The second kappa shape index (κ2) is 11.0. The number of hydrogen-bond donors (Lipinski definition) is 1. The third-order valence-electron chi connectivity index (χ3n) is 5.35. The molecular formula is C23H29N3O3S. The fourth-order valence-electron chi connectivity index (χ4n) is 3.60. The molecule has 3 rings (SSSR count). The normalized spacial score (nSPS) is 15.9. The lowest BCUT2D eigenvalue weighted by atomic mass is 9.97. The fourth-order valence-corrected chi connectivity index (χ4v) is 4.46. The molecule has 1 aliphatic rings. The Morgan fingerprint density at radius 2 is 2.10 bits per heavy atom. The second-order valence-corrected chi connectivity index (χ2v) is 8.53. The molecule has 0 aliphatic carbocycles. The number of amides is 1. The fraction of sp³-hybridized carbons (Fsp3) is 0.478. The lowest BCUT2D eigenvalue weighted by Gasteiger charge is -2.36. The largest absolute Gasteiger partial charge is 0.490 e. The lowest BCUT2D eigenvalue weighted by Crippen LogP contribution is -2.42. The van der Waals surface area contributed by atoms with Gasteiger partial charge in [-0.1, -0.05) is 13.0 Å². The first-order valence-corrected chi connectivity index (χ1v) is 11.3. The van der Waals surface area contributed by atoms with Crippen LogP contribution in [0.1, 0.15) is 43.2 Å². The predicted molar refractivity (Wildman–Crippen MR) is 118 cm³/mol. The van der Waals surface area contributed by atoms with Crippen LogP contribution in [0.3, 0.4) is 0 Å². The van der Waals surface area contributed by atoms with Gasteiger partial charge in [0.2, 0.25) is 0 Å². The highest BCUT2D eigenvalue weighted by atomic mass is 32.1. The van der Waals surface area contributed by atoms with Crippen LogP contribution < -0.4 is 14.8 Å². The van der Waals surface area contributed by atoms with Gasteiger partial charge in [0.15, 0.2) is 18.1 Å². The van der Waals surface area contributed by atoms with Crippen molar-refractivity contribution in [3.8, 4) is 17.6 Å². The Morgan fingerprint density at radius 1 is 1.30 bits per heavy atom. The first-order chi connectivity index (χ1) is 14.6. The average Bonchev–Trinajstić information content (AvgIpc) is 3.29. The van der Waals surface area contributed by atoms with Crippen LogP contribution in [0.2, 0.25) is 0 Å². The number of hydrogen-bond acceptors (Lipinski definition) is 6. The van der Waals surface area contributed by atoms with Crippen LogP contribution in [0.15, 0.2) is 35.7 Å². The molecule has 1 aromatic heterocycles. The van der Waals surface area contributed by atoms with Crippen LogP contribution in [0.4, 0.5) is 0 Å². The molecule has 0 bridgehead atoms. The summed E-state index contributed by atoms with van der Waals surface area (Å²) in [5.74, 6) is 1.53. The van der Waals surface area contributed by atoms with Gasteiger partial charge in [0, 0.05) is 17.5 Å². The third-order valence-corrected chi connectivity index (χ3v) is 6.33. The molecular weight excluding hydrogens is 398 g/mol. The SMILES string of the molecule is CCOc1cc(C#N)ccc1OCC(=O)NCC(c1cccs1)N1CCC(C)CC1. The van der Waals surface area contributed by atoms with E-state index in [1.54, 1.807) is 29.5 Å². The summed E-state index contributed by atoms with van der Waals surface area (Å²) in [4.78, 5) is 16.2. The molecule has 160 valence electrons. The topological polar surface area (TPSA) is 74.6 Å². The molecule has 1 N–H and O–H groups in total. The molecule has 1 aliphatic heterocycles. The number of nitrogens with zero attached hydrogens (tertiary/aromatic N) is 2. The molecule has 7 heteroatoms. The van der Waals surface area contributed by atoms with E-state index >= 15 is 0 Å². The molecule has 30 heavy (non-hydrogen) atoms. The molecule has 0 saturated carbocycles. The lowest BCUT2D eigenvalue weighted by molar-refractivity contribution is -0.123. The number of thiophene rings is 1.